The van der Waals surface area contributed by atoms with E-state index < -0.39 is 29.4 Å². The number of hydrogen-bond acceptors (Lipinski definition) is 5. The molecule has 0 fully saturated rings. The summed E-state index contributed by atoms with van der Waals surface area (Å²) in [5.74, 6) is -0.793. The Kier molecular flexibility index (Phi) is 7.44. The molecule has 0 aliphatic heterocycles. The van der Waals surface area contributed by atoms with E-state index in [1.165, 1.54) is 25.1 Å². The van der Waals surface area contributed by atoms with Crippen molar-refractivity contribution in [3.05, 3.63) is 95.8 Å². The van der Waals surface area contributed by atoms with Gasteiger partial charge in [0.25, 0.3) is 0 Å². The van der Waals surface area contributed by atoms with Gasteiger partial charge in [-0.05, 0) is 74.0 Å². The first-order valence-electron chi connectivity index (χ1n) is 10.3. The number of carbonyl (C=O) groups excluding carboxylic acids is 2. The second kappa shape index (κ2) is 10.3. The summed E-state index contributed by atoms with van der Waals surface area (Å²) < 4.78 is 56.1. The summed E-state index contributed by atoms with van der Waals surface area (Å²) in [7, 11) is 0. The summed E-state index contributed by atoms with van der Waals surface area (Å²) in [5, 5.41) is 0. The molecule has 3 rings (SSSR count). The van der Waals surface area contributed by atoms with Gasteiger partial charge in [0.05, 0.1) is 5.56 Å². The quantitative estimate of drug-likeness (QED) is 0.204. The van der Waals surface area contributed by atoms with Gasteiger partial charge in [0.15, 0.2) is 0 Å². The zero-order valence-electron chi connectivity index (χ0n) is 18.9. The summed E-state index contributed by atoms with van der Waals surface area (Å²) in [5.41, 5.74) is 0.123. The number of carbonyl (C=O) groups is 2. The van der Waals surface area contributed by atoms with Crippen molar-refractivity contribution in [1.29, 1.82) is 0 Å². The highest BCUT2D eigenvalue weighted by atomic mass is 19.4. The monoisotopic (exact) mass is 482 g/mol. The minimum absolute atomic E-state index is 0.0155. The van der Waals surface area contributed by atoms with Crippen molar-refractivity contribution in [2.75, 3.05) is 0 Å². The van der Waals surface area contributed by atoms with Crippen molar-refractivity contribution in [2.45, 2.75) is 20.0 Å². The van der Waals surface area contributed by atoms with Gasteiger partial charge in [0, 0.05) is 16.7 Å². The summed E-state index contributed by atoms with van der Waals surface area (Å²) in [6.07, 6.45) is -1.76. The van der Waals surface area contributed by atoms with Crippen molar-refractivity contribution >= 4 is 24.1 Å². The van der Waals surface area contributed by atoms with Gasteiger partial charge < -0.3 is 13.9 Å². The molecule has 0 aliphatic rings. The molecule has 0 aliphatic carbocycles. The van der Waals surface area contributed by atoms with Crippen molar-refractivity contribution in [3.8, 4) is 22.8 Å². The van der Waals surface area contributed by atoms with Gasteiger partial charge in [-0.1, -0.05) is 25.3 Å². The van der Waals surface area contributed by atoms with Crippen LogP contribution < -0.4 is 9.47 Å². The third kappa shape index (κ3) is 6.60. The molecule has 0 radical (unpaired) electrons. The standard InChI is InChI=1S/C27H21F3O5/c1-16(2)25(31)34-21-10-7-19(8-11-21)23-14-12-20(33-23)9-5-18-6-13-24(35-26(32)17(3)4)22(15-18)27(28,29)30/h5-15H,1,3H2,2,4H3. The second-order valence-corrected chi connectivity index (χ2v) is 7.65. The van der Waals surface area contributed by atoms with Crippen LogP contribution in [0.1, 0.15) is 30.7 Å². The van der Waals surface area contributed by atoms with Crippen molar-refractivity contribution in [2.24, 2.45) is 0 Å². The molecule has 5 nitrogen and oxygen atoms in total. The molecule has 2 aromatic carbocycles. The van der Waals surface area contributed by atoms with Gasteiger partial charge in [-0.2, -0.15) is 13.2 Å². The lowest BCUT2D eigenvalue weighted by Crippen LogP contribution is -2.14. The number of alkyl halides is 3. The van der Waals surface area contributed by atoms with Crippen molar-refractivity contribution in [3.63, 3.8) is 0 Å². The van der Waals surface area contributed by atoms with Crippen LogP contribution in [0.5, 0.6) is 11.5 Å². The molecular weight excluding hydrogens is 461 g/mol. The highest BCUT2D eigenvalue weighted by Crippen LogP contribution is 2.37. The van der Waals surface area contributed by atoms with Crippen LogP contribution in [0, 0.1) is 0 Å². The summed E-state index contributed by atoms with van der Waals surface area (Å²) >= 11 is 0. The number of rotatable bonds is 7. The van der Waals surface area contributed by atoms with Crippen LogP contribution in [0.4, 0.5) is 13.2 Å². The maximum absolute atomic E-state index is 13.5. The number of ether oxygens (including phenoxy) is 2. The Bertz CT molecular complexity index is 1310. The van der Waals surface area contributed by atoms with E-state index in [1.807, 2.05) is 0 Å². The van der Waals surface area contributed by atoms with Gasteiger partial charge in [0.2, 0.25) is 0 Å². The lowest BCUT2D eigenvalue weighted by atomic mass is 10.1. The topological polar surface area (TPSA) is 65.7 Å². The molecule has 1 aromatic heterocycles. The number of esters is 2. The van der Waals surface area contributed by atoms with Crippen LogP contribution in [0.25, 0.3) is 23.5 Å². The number of furan rings is 1. The lowest BCUT2D eigenvalue weighted by Gasteiger charge is -2.13. The second-order valence-electron chi connectivity index (χ2n) is 7.65. The molecule has 0 saturated heterocycles. The maximum Gasteiger partial charge on any atom is 0.420 e. The Morgan fingerprint density at radius 1 is 0.857 bits per heavy atom. The first kappa shape index (κ1) is 25.3. The molecule has 0 N–H and O–H groups in total. The lowest BCUT2D eigenvalue weighted by molar-refractivity contribution is -0.141. The number of hydrogen-bond donors (Lipinski definition) is 0. The zero-order valence-corrected chi connectivity index (χ0v) is 18.9. The van der Waals surface area contributed by atoms with Crippen LogP contribution >= 0.6 is 0 Å². The Labute approximate surface area is 199 Å². The fourth-order valence-corrected chi connectivity index (χ4v) is 2.81. The van der Waals surface area contributed by atoms with E-state index in [0.29, 0.717) is 22.8 Å². The highest BCUT2D eigenvalue weighted by Gasteiger charge is 2.35. The first-order valence-corrected chi connectivity index (χ1v) is 10.3. The van der Waals surface area contributed by atoms with Gasteiger partial charge in [-0.3, -0.25) is 0 Å². The van der Waals surface area contributed by atoms with Crippen LogP contribution in [0.3, 0.4) is 0 Å². The molecule has 0 unspecified atom stereocenters. The predicted molar refractivity (Wildman–Crippen MR) is 125 cm³/mol. The molecule has 0 atom stereocenters. The van der Waals surface area contributed by atoms with E-state index in [-0.39, 0.29) is 16.7 Å². The molecular formula is C27H21F3O5. The molecule has 0 spiro atoms. The minimum atomic E-state index is -4.72. The molecule has 35 heavy (non-hydrogen) atoms. The van der Waals surface area contributed by atoms with Gasteiger partial charge >= 0.3 is 18.1 Å². The van der Waals surface area contributed by atoms with Crippen LogP contribution in [0.15, 0.2) is 83.3 Å². The van der Waals surface area contributed by atoms with Gasteiger partial charge in [-0.15, -0.1) is 0 Å². The van der Waals surface area contributed by atoms with Crippen LogP contribution in [-0.4, -0.2) is 11.9 Å². The van der Waals surface area contributed by atoms with Crippen LogP contribution in [-0.2, 0) is 15.8 Å². The molecule has 0 amide bonds. The van der Waals surface area contributed by atoms with E-state index in [4.69, 9.17) is 13.9 Å². The fourth-order valence-electron chi connectivity index (χ4n) is 2.81. The number of benzene rings is 2. The SMILES string of the molecule is C=C(C)C(=O)Oc1ccc(-c2ccc(C=Cc3ccc(OC(=O)C(=C)C)c(C(F)(F)F)c3)o2)cc1. The smallest absolute Gasteiger partial charge is 0.420 e. The van der Waals surface area contributed by atoms with Crippen molar-refractivity contribution < 1.29 is 36.7 Å². The summed E-state index contributed by atoms with van der Waals surface area (Å²) in [4.78, 5) is 23.3. The third-order valence-electron chi connectivity index (χ3n) is 4.62. The van der Waals surface area contributed by atoms with Gasteiger partial charge in [-0.25, -0.2) is 9.59 Å². The average molecular weight is 482 g/mol. The summed E-state index contributed by atoms with van der Waals surface area (Å²) in [6.45, 7) is 9.78. The Hall–Kier alpha value is -4.33. The van der Waals surface area contributed by atoms with Crippen LogP contribution in [0.2, 0.25) is 0 Å². The highest BCUT2D eigenvalue weighted by molar-refractivity contribution is 5.89. The minimum Gasteiger partial charge on any atom is -0.457 e. The molecule has 0 saturated carbocycles. The summed E-state index contributed by atoms with van der Waals surface area (Å²) in [6, 6.07) is 13.3. The third-order valence-corrected chi connectivity index (χ3v) is 4.62. The average Bonchev–Trinajstić information content (AvgIpc) is 3.27. The largest absolute Gasteiger partial charge is 0.457 e. The van der Waals surface area contributed by atoms with E-state index in [2.05, 4.69) is 13.2 Å². The van der Waals surface area contributed by atoms with E-state index in [9.17, 15) is 22.8 Å². The van der Waals surface area contributed by atoms with E-state index >= 15 is 0 Å². The Morgan fingerprint density at radius 2 is 1.49 bits per heavy atom. The molecule has 8 heteroatoms. The molecule has 1 heterocycles. The zero-order chi connectivity index (χ0) is 25.8. The Balaban J connectivity index is 1.77. The molecule has 180 valence electrons. The fraction of sp³-hybridized carbons (Fsp3) is 0.111. The molecule has 3 aromatic rings. The Morgan fingerprint density at radius 3 is 2.09 bits per heavy atom. The van der Waals surface area contributed by atoms with Crippen molar-refractivity contribution in [1.82, 2.24) is 0 Å². The first-order chi connectivity index (χ1) is 16.4. The maximum atomic E-state index is 13.5. The van der Waals surface area contributed by atoms with E-state index in [1.54, 1.807) is 43.3 Å². The van der Waals surface area contributed by atoms with Gasteiger partial charge in [0.1, 0.15) is 23.0 Å². The normalized spacial score (nSPS) is 11.3. The number of halogens is 3. The molecule has 0 bridgehead atoms. The predicted octanol–water partition coefficient (Wildman–Crippen LogP) is 7.10. The van der Waals surface area contributed by atoms with E-state index in [0.717, 1.165) is 12.1 Å².